The zero-order chi connectivity index (χ0) is 12.3. The molecule has 1 saturated carbocycles. The van der Waals surface area contributed by atoms with Gasteiger partial charge in [-0.05, 0) is 39.5 Å². The van der Waals surface area contributed by atoms with Crippen LogP contribution in [0.2, 0.25) is 0 Å². The lowest BCUT2D eigenvalue weighted by molar-refractivity contribution is -0.318. The molecule has 1 aliphatic carbocycles. The number of hydrogen-bond acceptors (Lipinski definition) is 4. The van der Waals surface area contributed by atoms with Crippen LogP contribution in [0.1, 0.15) is 33.6 Å². The maximum absolute atomic E-state index is 10.2. The summed E-state index contributed by atoms with van der Waals surface area (Å²) in [4.78, 5) is 0. The Morgan fingerprint density at radius 2 is 2.00 bits per heavy atom. The van der Waals surface area contributed by atoms with E-state index >= 15 is 0 Å². The first-order valence-corrected chi connectivity index (χ1v) is 6.53. The van der Waals surface area contributed by atoms with Gasteiger partial charge in [-0.1, -0.05) is 0 Å². The van der Waals surface area contributed by atoms with Crippen LogP contribution < -0.4 is 0 Å². The average molecular weight is 242 g/mol. The number of epoxide rings is 1. The van der Waals surface area contributed by atoms with Gasteiger partial charge in [-0.25, -0.2) is 0 Å². The van der Waals surface area contributed by atoms with E-state index in [1.54, 1.807) is 0 Å². The molecular formula is C13H22O4. The molecule has 4 nitrogen and oxygen atoms in total. The molecule has 3 aliphatic heterocycles. The van der Waals surface area contributed by atoms with Gasteiger partial charge in [0.05, 0.1) is 31.0 Å². The van der Waals surface area contributed by atoms with Crippen molar-refractivity contribution in [3.8, 4) is 0 Å². The van der Waals surface area contributed by atoms with E-state index < -0.39 is 11.7 Å². The Hall–Kier alpha value is -0.160. The molecule has 0 spiro atoms. The lowest BCUT2D eigenvalue weighted by atomic mass is 9.65. The van der Waals surface area contributed by atoms with Crippen LogP contribution in [0.15, 0.2) is 0 Å². The number of aliphatic hydroxyl groups excluding tert-OH is 1. The third-order valence-corrected chi connectivity index (χ3v) is 4.66. The zero-order valence-electron chi connectivity index (χ0n) is 10.8. The lowest BCUT2D eigenvalue weighted by Gasteiger charge is -2.59. The zero-order valence-corrected chi connectivity index (χ0v) is 10.8. The van der Waals surface area contributed by atoms with Gasteiger partial charge in [-0.15, -0.1) is 0 Å². The van der Waals surface area contributed by atoms with Crippen molar-refractivity contribution in [3.05, 3.63) is 0 Å². The number of hydrogen-bond donors (Lipinski definition) is 1. The summed E-state index contributed by atoms with van der Waals surface area (Å²) in [6.07, 6.45) is 1.65. The number of ether oxygens (including phenoxy) is 3. The first kappa shape index (κ1) is 11.9. The minimum Gasteiger partial charge on any atom is -0.390 e. The number of rotatable bonds is 3. The normalized spacial score (nSPS) is 51.5. The molecule has 1 N–H and O–H groups in total. The van der Waals surface area contributed by atoms with Gasteiger partial charge in [0.25, 0.3) is 0 Å². The van der Waals surface area contributed by atoms with Crippen molar-refractivity contribution in [2.45, 2.75) is 63.1 Å². The predicted octanol–water partition coefficient (Wildman–Crippen LogP) is 1.11. The van der Waals surface area contributed by atoms with Gasteiger partial charge in [0.1, 0.15) is 11.7 Å². The van der Waals surface area contributed by atoms with E-state index in [0.717, 1.165) is 19.4 Å². The van der Waals surface area contributed by atoms with Crippen LogP contribution in [0.4, 0.5) is 0 Å². The Bertz CT molecular complexity index is 313. The van der Waals surface area contributed by atoms with Crippen molar-refractivity contribution < 1.29 is 19.3 Å². The summed E-state index contributed by atoms with van der Waals surface area (Å²) in [5, 5.41) is 10.2. The molecule has 3 heterocycles. The van der Waals surface area contributed by atoms with E-state index in [1.165, 1.54) is 0 Å². The summed E-state index contributed by atoms with van der Waals surface area (Å²) in [7, 11) is 0. The Balaban J connectivity index is 1.73. The van der Waals surface area contributed by atoms with Crippen LogP contribution in [-0.4, -0.2) is 47.8 Å². The predicted molar refractivity (Wildman–Crippen MR) is 61.8 cm³/mol. The van der Waals surface area contributed by atoms with Crippen LogP contribution >= 0.6 is 0 Å². The molecule has 17 heavy (non-hydrogen) atoms. The maximum atomic E-state index is 10.2. The van der Waals surface area contributed by atoms with Crippen LogP contribution in [0.25, 0.3) is 0 Å². The fourth-order valence-corrected chi connectivity index (χ4v) is 3.28. The van der Waals surface area contributed by atoms with Gasteiger partial charge in [0.15, 0.2) is 0 Å². The van der Waals surface area contributed by atoms with Crippen molar-refractivity contribution in [2.24, 2.45) is 5.92 Å². The summed E-state index contributed by atoms with van der Waals surface area (Å²) in [5.74, 6) is 0.379. The lowest BCUT2D eigenvalue weighted by Crippen LogP contribution is -2.68. The van der Waals surface area contributed by atoms with Crippen molar-refractivity contribution in [1.29, 1.82) is 0 Å². The fraction of sp³-hybridized carbons (Fsp3) is 1.00. The molecule has 0 aromatic carbocycles. The molecule has 4 heteroatoms. The molecule has 4 rings (SSSR count). The minimum atomic E-state index is -0.562. The molecule has 5 atom stereocenters. The molecule has 98 valence electrons. The van der Waals surface area contributed by atoms with Gasteiger partial charge < -0.3 is 19.3 Å². The van der Waals surface area contributed by atoms with Gasteiger partial charge >= 0.3 is 0 Å². The molecule has 4 fully saturated rings. The Morgan fingerprint density at radius 1 is 1.29 bits per heavy atom. The third kappa shape index (κ3) is 1.91. The Morgan fingerprint density at radius 3 is 2.65 bits per heavy atom. The van der Waals surface area contributed by atoms with E-state index in [4.69, 9.17) is 14.2 Å². The van der Waals surface area contributed by atoms with Crippen LogP contribution in [-0.2, 0) is 14.2 Å². The fourth-order valence-electron chi connectivity index (χ4n) is 3.28. The van der Waals surface area contributed by atoms with Gasteiger partial charge in [-0.3, -0.25) is 0 Å². The Labute approximate surface area is 102 Å². The second-order valence-electron chi connectivity index (χ2n) is 6.35. The summed E-state index contributed by atoms with van der Waals surface area (Å²) >= 11 is 0. The van der Waals surface area contributed by atoms with Crippen LogP contribution in [0, 0.1) is 5.92 Å². The monoisotopic (exact) mass is 242 g/mol. The van der Waals surface area contributed by atoms with Crippen molar-refractivity contribution in [1.82, 2.24) is 0 Å². The second-order valence-corrected chi connectivity index (χ2v) is 6.35. The maximum Gasteiger partial charge on any atom is 0.118 e. The van der Waals surface area contributed by atoms with E-state index in [9.17, 15) is 5.11 Å². The molecular weight excluding hydrogens is 220 g/mol. The summed E-state index contributed by atoms with van der Waals surface area (Å²) < 4.78 is 17.2. The highest BCUT2D eigenvalue weighted by atomic mass is 16.6. The first-order chi connectivity index (χ1) is 7.92. The van der Waals surface area contributed by atoms with Gasteiger partial charge in [0.2, 0.25) is 0 Å². The van der Waals surface area contributed by atoms with Crippen LogP contribution in [0.5, 0.6) is 0 Å². The van der Waals surface area contributed by atoms with Gasteiger partial charge in [-0.2, -0.15) is 0 Å². The highest BCUT2D eigenvalue weighted by Gasteiger charge is 2.59. The summed E-state index contributed by atoms with van der Waals surface area (Å²) in [6, 6.07) is 0. The molecule has 5 unspecified atom stereocenters. The number of fused-ring (bicyclic) bond motifs is 3. The molecule has 2 bridgehead atoms. The topological polar surface area (TPSA) is 51.2 Å². The van der Waals surface area contributed by atoms with E-state index in [1.807, 2.05) is 6.92 Å². The highest BCUT2D eigenvalue weighted by molar-refractivity contribution is 5.08. The minimum absolute atomic E-state index is 0.00604. The molecule has 3 saturated heterocycles. The second kappa shape index (κ2) is 3.67. The first-order valence-electron chi connectivity index (χ1n) is 6.53. The van der Waals surface area contributed by atoms with Crippen molar-refractivity contribution >= 4 is 0 Å². The smallest absolute Gasteiger partial charge is 0.118 e. The summed E-state index contributed by atoms with van der Waals surface area (Å²) in [5.41, 5.74) is -0.711. The number of aliphatic hydroxyl groups is 1. The Kier molecular flexibility index (Phi) is 2.57. The molecule has 0 aromatic rings. The van der Waals surface area contributed by atoms with E-state index in [0.29, 0.717) is 12.5 Å². The third-order valence-electron chi connectivity index (χ3n) is 4.66. The SMILES string of the molecule is CC1(C)OC2(C)C(O)CC1CC2OCC1CO1. The van der Waals surface area contributed by atoms with Crippen molar-refractivity contribution in [3.63, 3.8) is 0 Å². The molecule has 4 aliphatic rings. The largest absolute Gasteiger partial charge is 0.390 e. The molecule has 0 amide bonds. The van der Waals surface area contributed by atoms with E-state index in [-0.39, 0.29) is 17.8 Å². The molecule has 0 radical (unpaired) electrons. The quantitative estimate of drug-likeness (QED) is 0.753. The average Bonchev–Trinajstić information content (AvgIpc) is 3.01. The van der Waals surface area contributed by atoms with Crippen molar-refractivity contribution in [2.75, 3.05) is 13.2 Å². The summed E-state index contributed by atoms with van der Waals surface area (Å²) in [6.45, 7) is 7.64. The van der Waals surface area contributed by atoms with E-state index in [2.05, 4.69) is 13.8 Å². The van der Waals surface area contributed by atoms with Crippen LogP contribution in [0.3, 0.4) is 0 Å². The molecule has 0 aromatic heterocycles. The highest BCUT2D eigenvalue weighted by Crippen LogP contribution is 2.50. The standard InChI is InChI=1S/C13H22O4/c1-12(2)8-4-10(14)13(3,17-12)11(5-8)16-7-9-6-15-9/h8-11,14H,4-7H2,1-3H3. The van der Waals surface area contributed by atoms with Gasteiger partial charge in [0, 0.05) is 0 Å².